The number of amides is 1. The second-order valence-corrected chi connectivity index (χ2v) is 6.12. The van der Waals surface area contributed by atoms with E-state index in [1.807, 2.05) is 0 Å². The molecule has 0 fully saturated rings. The topological polar surface area (TPSA) is 142 Å². The van der Waals surface area contributed by atoms with E-state index >= 15 is 0 Å². The van der Waals surface area contributed by atoms with Crippen LogP contribution in [-0.4, -0.2) is 28.3 Å². The number of nitrogens with zero attached hydrogens (tertiary/aromatic N) is 2. The summed E-state index contributed by atoms with van der Waals surface area (Å²) in [6.07, 6.45) is 2.36. The van der Waals surface area contributed by atoms with Gasteiger partial charge in [-0.15, -0.1) is 0 Å². The van der Waals surface area contributed by atoms with Crippen LogP contribution in [0, 0.1) is 20.2 Å². The zero-order valence-electron chi connectivity index (χ0n) is 14.0. The Morgan fingerprint density at radius 3 is 2.39 bits per heavy atom. The minimum absolute atomic E-state index is 0.122. The summed E-state index contributed by atoms with van der Waals surface area (Å²) in [7, 11) is 0. The zero-order valence-corrected chi connectivity index (χ0v) is 15.6. The van der Waals surface area contributed by atoms with Gasteiger partial charge in [0.25, 0.3) is 17.3 Å². The number of nitro benzene ring substituents is 2. The van der Waals surface area contributed by atoms with Crippen molar-refractivity contribution in [3.63, 3.8) is 0 Å². The highest BCUT2D eigenvalue weighted by atomic mass is 79.9. The number of hydrogen-bond acceptors (Lipinski definition) is 7. The minimum atomic E-state index is -0.815. The molecule has 10 nitrogen and oxygen atoms in total. The van der Waals surface area contributed by atoms with Gasteiger partial charge in [-0.2, -0.15) is 0 Å². The number of nitro groups is 2. The fraction of sp³-hybridized carbons (Fsp3) is 0.0588. The lowest BCUT2D eigenvalue weighted by Gasteiger charge is -2.07. The number of halogens is 1. The molecule has 0 aliphatic rings. The molecule has 28 heavy (non-hydrogen) atoms. The van der Waals surface area contributed by atoms with Crippen LogP contribution in [0.3, 0.4) is 0 Å². The van der Waals surface area contributed by atoms with E-state index in [2.05, 4.69) is 21.2 Å². The first kappa shape index (κ1) is 20.7. The minimum Gasteiger partial charge on any atom is -0.452 e. The van der Waals surface area contributed by atoms with E-state index in [1.165, 1.54) is 42.5 Å². The number of carbonyl (C=O) groups excluding carboxylic acids is 2. The molecule has 0 unspecified atom stereocenters. The van der Waals surface area contributed by atoms with E-state index in [4.69, 9.17) is 4.74 Å². The molecule has 0 atom stereocenters. The molecule has 1 N–H and O–H groups in total. The van der Waals surface area contributed by atoms with Crippen molar-refractivity contribution in [2.45, 2.75) is 0 Å². The number of ether oxygens (including phenoxy) is 1. The smallest absolute Gasteiger partial charge is 0.331 e. The quantitative estimate of drug-likeness (QED) is 0.295. The standard InChI is InChI=1S/C17H12BrN3O7/c18-14-9-13(21(26)27)5-6-15(14)19-16(22)10-28-17(23)7-4-11-2-1-3-12(8-11)20(24)25/h1-9H,10H2,(H,19,22)/b7-4+. The molecule has 0 radical (unpaired) electrons. The van der Waals surface area contributed by atoms with Crippen LogP contribution in [0.25, 0.3) is 6.08 Å². The largest absolute Gasteiger partial charge is 0.452 e. The molecule has 0 bridgehead atoms. The summed E-state index contributed by atoms with van der Waals surface area (Å²) in [6, 6.07) is 9.41. The summed E-state index contributed by atoms with van der Waals surface area (Å²) in [4.78, 5) is 43.8. The summed E-state index contributed by atoms with van der Waals surface area (Å²) in [5.41, 5.74) is 0.426. The third kappa shape index (κ3) is 5.99. The number of esters is 1. The first-order chi connectivity index (χ1) is 13.3. The van der Waals surface area contributed by atoms with E-state index in [0.29, 0.717) is 10.0 Å². The Hall–Kier alpha value is -3.60. The lowest BCUT2D eigenvalue weighted by Crippen LogP contribution is -2.20. The average Bonchev–Trinajstić information content (AvgIpc) is 2.66. The van der Waals surface area contributed by atoms with Crippen LogP contribution < -0.4 is 5.32 Å². The summed E-state index contributed by atoms with van der Waals surface area (Å²) in [5.74, 6) is -1.46. The zero-order chi connectivity index (χ0) is 20.7. The van der Waals surface area contributed by atoms with Gasteiger partial charge in [-0.25, -0.2) is 4.79 Å². The Labute approximate surface area is 166 Å². The van der Waals surface area contributed by atoms with E-state index in [-0.39, 0.29) is 17.1 Å². The number of carbonyl (C=O) groups is 2. The Morgan fingerprint density at radius 2 is 1.75 bits per heavy atom. The average molecular weight is 450 g/mol. The predicted octanol–water partition coefficient (Wildman–Crippen LogP) is 3.46. The number of nitrogens with one attached hydrogen (secondary N) is 1. The lowest BCUT2D eigenvalue weighted by atomic mass is 10.2. The van der Waals surface area contributed by atoms with Crippen molar-refractivity contribution in [3.05, 3.63) is 78.8 Å². The summed E-state index contributed by atoms with van der Waals surface area (Å²) in [6.45, 7) is -0.582. The molecule has 0 saturated carbocycles. The predicted molar refractivity (Wildman–Crippen MR) is 103 cm³/mol. The van der Waals surface area contributed by atoms with Crippen molar-refractivity contribution in [2.75, 3.05) is 11.9 Å². The van der Waals surface area contributed by atoms with Gasteiger partial charge in [0.1, 0.15) is 0 Å². The van der Waals surface area contributed by atoms with Gasteiger partial charge < -0.3 is 10.1 Å². The molecule has 2 rings (SSSR count). The number of anilines is 1. The van der Waals surface area contributed by atoms with Crippen LogP contribution in [0.2, 0.25) is 0 Å². The van der Waals surface area contributed by atoms with Crippen molar-refractivity contribution in [1.82, 2.24) is 0 Å². The summed E-state index contributed by atoms with van der Waals surface area (Å²) < 4.78 is 5.08. The Morgan fingerprint density at radius 1 is 1.07 bits per heavy atom. The Kier molecular flexibility index (Phi) is 6.93. The van der Waals surface area contributed by atoms with Crippen LogP contribution in [-0.2, 0) is 14.3 Å². The number of rotatable bonds is 7. The second-order valence-electron chi connectivity index (χ2n) is 5.26. The van der Waals surface area contributed by atoms with Gasteiger partial charge in [0.2, 0.25) is 0 Å². The van der Waals surface area contributed by atoms with E-state index in [9.17, 15) is 29.8 Å². The van der Waals surface area contributed by atoms with Gasteiger partial charge in [-0.1, -0.05) is 12.1 Å². The van der Waals surface area contributed by atoms with Crippen molar-refractivity contribution in [1.29, 1.82) is 0 Å². The SMILES string of the molecule is O=C(COC(=O)/C=C/c1cccc([N+](=O)[O-])c1)Nc1ccc([N+](=O)[O-])cc1Br. The highest BCUT2D eigenvalue weighted by Crippen LogP contribution is 2.27. The van der Waals surface area contributed by atoms with E-state index in [0.717, 1.165) is 6.08 Å². The highest BCUT2D eigenvalue weighted by molar-refractivity contribution is 9.10. The molecule has 2 aromatic carbocycles. The Bertz CT molecular complexity index is 975. The number of hydrogen-bond donors (Lipinski definition) is 1. The molecule has 144 valence electrons. The monoisotopic (exact) mass is 449 g/mol. The molecular formula is C17H12BrN3O7. The first-order valence-corrected chi connectivity index (χ1v) is 8.38. The molecule has 0 heterocycles. The number of benzene rings is 2. The summed E-state index contributed by atoms with van der Waals surface area (Å²) >= 11 is 3.10. The molecule has 0 spiro atoms. The molecule has 1 amide bonds. The number of non-ortho nitro benzene ring substituents is 2. The molecule has 2 aromatic rings. The van der Waals surface area contributed by atoms with Crippen molar-refractivity contribution in [3.8, 4) is 0 Å². The normalized spacial score (nSPS) is 10.5. The maximum Gasteiger partial charge on any atom is 0.331 e. The maximum atomic E-state index is 11.8. The lowest BCUT2D eigenvalue weighted by molar-refractivity contribution is -0.385. The van der Waals surface area contributed by atoms with Gasteiger partial charge in [0.05, 0.1) is 15.5 Å². The van der Waals surface area contributed by atoms with Gasteiger partial charge in [-0.05, 0) is 33.6 Å². The summed E-state index contributed by atoms with van der Waals surface area (Å²) in [5, 5.41) is 23.8. The van der Waals surface area contributed by atoms with Gasteiger partial charge in [-0.3, -0.25) is 25.0 Å². The van der Waals surface area contributed by atoms with Crippen LogP contribution >= 0.6 is 15.9 Å². The van der Waals surface area contributed by atoms with Crippen LogP contribution in [0.15, 0.2) is 53.0 Å². The molecule has 0 aliphatic carbocycles. The molecule has 0 saturated heterocycles. The third-order valence-corrected chi connectivity index (χ3v) is 3.93. The van der Waals surface area contributed by atoms with Crippen molar-refractivity contribution >= 4 is 50.9 Å². The van der Waals surface area contributed by atoms with Gasteiger partial charge in [0, 0.05) is 34.8 Å². The Balaban J connectivity index is 1.89. The molecule has 11 heteroatoms. The molecular weight excluding hydrogens is 438 g/mol. The fourth-order valence-corrected chi connectivity index (χ4v) is 2.46. The first-order valence-electron chi connectivity index (χ1n) is 7.59. The van der Waals surface area contributed by atoms with Crippen molar-refractivity contribution < 1.29 is 24.2 Å². The van der Waals surface area contributed by atoms with Crippen LogP contribution in [0.4, 0.5) is 17.1 Å². The van der Waals surface area contributed by atoms with Crippen molar-refractivity contribution in [2.24, 2.45) is 0 Å². The molecule has 0 aromatic heterocycles. The molecule has 0 aliphatic heterocycles. The highest BCUT2D eigenvalue weighted by Gasteiger charge is 2.12. The third-order valence-electron chi connectivity index (χ3n) is 3.28. The van der Waals surface area contributed by atoms with Crippen LogP contribution in [0.5, 0.6) is 0 Å². The second kappa shape index (κ2) is 9.37. The fourth-order valence-electron chi connectivity index (χ4n) is 2.00. The van der Waals surface area contributed by atoms with E-state index < -0.39 is 28.3 Å². The van der Waals surface area contributed by atoms with E-state index in [1.54, 1.807) is 6.07 Å². The van der Waals surface area contributed by atoms with Gasteiger partial charge >= 0.3 is 5.97 Å². The van der Waals surface area contributed by atoms with Crippen LogP contribution in [0.1, 0.15) is 5.56 Å². The van der Waals surface area contributed by atoms with Gasteiger partial charge in [0.15, 0.2) is 6.61 Å². The maximum absolute atomic E-state index is 11.8.